The van der Waals surface area contributed by atoms with Crippen LogP contribution < -0.4 is 10.6 Å². The maximum absolute atomic E-state index is 11.8. The lowest BCUT2D eigenvalue weighted by Crippen LogP contribution is -2.44. The largest absolute Gasteiger partial charge is 0.354 e. The van der Waals surface area contributed by atoms with Crippen LogP contribution in [0.1, 0.15) is 26.7 Å². The van der Waals surface area contributed by atoms with E-state index in [0.29, 0.717) is 0 Å². The zero-order valence-electron chi connectivity index (χ0n) is 10.3. The van der Waals surface area contributed by atoms with E-state index in [1.165, 1.54) is 0 Å². The predicted molar refractivity (Wildman–Crippen MR) is 73.4 cm³/mol. The Labute approximate surface area is 109 Å². The van der Waals surface area contributed by atoms with E-state index in [4.69, 9.17) is 0 Å². The summed E-state index contributed by atoms with van der Waals surface area (Å²) in [6, 6.07) is 0. The van der Waals surface area contributed by atoms with Gasteiger partial charge in [-0.15, -0.1) is 12.4 Å². The van der Waals surface area contributed by atoms with Crippen LogP contribution in [0.4, 0.5) is 0 Å². The Morgan fingerprint density at radius 3 is 2.75 bits per heavy atom. The predicted octanol–water partition coefficient (Wildman–Crippen LogP) is 1.67. The lowest BCUT2D eigenvalue weighted by atomic mass is 9.98. The number of nitrogens with one attached hydrogen (secondary N) is 2. The third-order valence-corrected chi connectivity index (χ3v) is 4.16. The van der Waals surface area contributed by atoms with Gasteiger partial charge in [-0.3, -0.25) is 4.79 Å². The zero-order chi connectivity index (χ0) is 11.3. The molecule has 1 rings (SSSR count). The zero-order valence-corrected chi connectivity index (χ0v) is 12.0. The van der Waals surface area contributed by atoms with E-state index in [9.17, 15) is 4.79 Å². The van der Waals surface area contributed by atoms with Crippen molar-refractivity contribution in [1.82, 2.24) is 10.6 Å². The van der Waals surface area contributed by atoms with Gasteiger partial charge in [-0.2, -0.15) is 11.8 Å². The van der Waals surface area contributed by atoms with Crippen molar-refractivity contribution < 1.29 is 4.79 Å². The quantitative estimate of drug-likeness (QED) is 0.813. The van der Waals surface area contributed by atoms with Gasteiger partial charge in [0.05, 0.1) is 5.92 Å². The van der Waals surface area contributed by atoms with E-state index >= 15 is 0 Å². The number of hydrogen-bond donors (Lipinski definition) is 2. The first kappa shape index (κ1) is 16.1. The molecular weight excluding hydrogens is 244 g/mol. The molecule has 0 aromatic rings. The number of rotatable bonds is 4. The van der Waals surface area contributed by atoms with Crippen LogP contribution in [0.2, 0.25) is 0 Å². The van der Waals surface area contributed by atoms with Crippen molar-refractivity contribution in [2.75, 3.05) is 25.9 Å². The third-order valence-electron chi connectivity index (χ3n) is 2.91. The fourth-order valence-corrected chi connectivity index (χ4v) is 1.81. The number of carbonyl (C=O) groups is 1. The molecule has 0 spiro atoms. The van der Waals surface area contributed by atoms with Gasteiger partial charge in [-0.25, -0.2) is 0 Å². The van der Waals surface area contributed by atoms with E-state index < -0.39 is 0 Å². The van der Waals surface area contributed by atoms with Crippen LogP contribution in [0.25, 0.3) is 0 Å². The maximum atomic E-state index is 11.8. The summed E-state index contributed by atoms with van der Waals surface area (Å²) in [6.45, 7) is 6.95. The number of amides is 1. The van der Waals surface area contributed by atoms with Gasteiger partial charge in [-0.05, 0) is 39.5 Å². The first-order chi connectivity index (χ1) is 7.05. The average Bonchev–Trinajstić information content (AvgIpc) is 2.27. The van der Waals surface area contributed by atoms with Crippen molar-refractivity contribution in [2.45, 2.75) is 31.4 Å². The smallest absolute Gasteiger partial charge is 0.224 e. The van der Waals surface area contributed by atoms with Gasteiger partial charge in [0.1, 0.15) is 0 Å². The molecule has 2 N–H and O–H groups in total. The monoisotopic (exact) mass is 266 g/mol. The highest BCUT2D eigenvalue weighted by Crippen LogP contribution is 2.20. The van der Waals surface area contributed by atoms with Gasteiger partial charge in [-0.1, -0.05) is 0 Å². The molecule has 96 valence electrons. The summed E-state index contributed by atoms with van der Waals surface area (Å²) >= 11 is 1.79. The number of piperidine rings is 1. The molecule has 1 heterocycles. The van der Waals surface area contributed by atoms with Crippen LogP contribution in [0, 0.1) is 5.92 Å². The molecule has 1 amide bonds. The fourth-order valence-electron chi connectivity index (χ4n) is 1.59. The van der Waals surface area contributed by atoms with E-state index in [1.807, 2.05) is 0 Å². The molecule has 1 fully saturated rings. The summed E-state index contributed by atoms with van der Waals surface area (Å²) in [7, 11) is 0. The van der Waals surface area contributed by atoms with Crippen molar-refractivity contribution in [3.63, 3.8) is 0 Å². The second-order valence-corrected chi connectivity index (χ2v) is 6.24. The maximum Gasteiger partial charge on any atom is 0.224 e. The minimum atomic E-state index is 0. The number of hydrogen-bond acceptors (Lipinski definition) is 3. The molecule has 0 aromatic heterocycles. The SMILES string of the molecule is CSC(C)(C)CNC(=O)C1CCCNC1.Cl. The van der Waals surface area contributed by atoms with Crippen molar-refractivity contribution in [1.29, 1.82) is 0 Å². The number of carbonyl (C=O) groups excluding carboxylic acids is 1. The Bertz CT molecular complexity index is 218. The Kier molecular flexibility index (Phi) is 7.44. The molecule has 0 saturated carbocycles. The second kappa shape index (κ2) is 7.41. The normalized spacial score (nSPS) is 21.1. The third kappa shape index (κ3) is 5.41. The minimum Gasteiger partial charge on any atom is -0.354 e. The van der Waals surface area contributed by atoms with Gasteiger partial charge in [0.25, 0.3) is 0 Å². The molecule has 0 radical (unpaired) electrons. The van der Waals surface area contributed by atoms with E-state index in [0.717, 1.165) is 32.5 Å². The van der Waals surface area contributed by atoms with Gasteiger partial charge in [0.2, 0.25) is 5.91 Å². The summed E-state index contributed by atoms with van der Waals surface area (Å²) in [5.74, 6) is 0.390. The van der Waals surface area contributed by atoms with Crippen LogP contribution in [0.15, 0.2) is 0 Å². The van der Waals surface area contributed by atoms with Crippen LogP contribution in [-0.2, 0) is 4.79 Å². The molecule has 0 aromatic carbocycles. The van der Waals surface area contributed by atoms with Crippen molar-refractivity contribution in [3.05, 3.63) is 0 Å². The minimum absolute atomic E-state index is 0. The highest BCUT2D eigenvalue weighted by atomic mass is 35.5. The van der Waals surface area contributed by atoms with Crippen molar-refractivity contribution >= 4 is 30.1 Å². The summed E-state index contributed by atoms with van der Waals surface area (Å²) in [5.41, 5.74) is 0. The summed E-state index contributed by atoms with van der Waals surface area (Å²) in [4.78, 5) is 11.8. The van der Waals surface area contributed by atoms with Crippen LogP contribution >= 0.6 is 24.2 Å². The topological polar surface area (TPSA) is 41.1 Å². The molecule has 0 aliphatic carbocycles. The van der Waals surface area contributed by atoms with Crippen molar-refractivity contribution in [2.24, 2.45) is 5.92 Å². The van der Waals surface area contributed by atoms with Gasteiger partial charge in [0.15, 0.2) is 0 Å². The van der Waals surface area contributed by atoms with E-state index in [-0.39, 0.29) is 29.0 Å². The lowest BCUT2D eigenvalue weighted by molar-refractivity contribution is -0.125. The highest BCUT2D eigenvalue weighted by molar-refractivity contribution is 7.99. The molecule has 3 nitrogen and oxygen atoms in total. The van der Waals surface area contributed by atoms with Crippen LogP contribution in [0.3, 0.4) is 0 Å². The molecule has 1 aliphatic heterocycles. The Balaban J connectivity index is 0.00000225. The Hall–Kier alpha value is 0.0700. The van der Waals surface area contributed by atoms with E-state index in [2.05, 4.69) is 30.7 Å². The summed E-state index contributed by atoms with van der Waals surface area (Å²) in [5, 5.41) is 6.30. The molecular formula is C11H23ClN2OS. The summed E-state index contributed by atoms with van der Waals surface area (Å²) < 4.78 is 0.137. The number of thioether (sulfide) groups is 1. The molecule has 16 heavy (non-hydrogen) atoms. The molecule has 5 heteroatoms. The first-order valence-electron chi connectivity index (χ1n) is 5.59. The summed E-state index contributed by atoms with van der Waals surface area (Å²) in [6.07, 6.45) is 4.22. The van der Waals surface area contributed by atoms with Gasteiger partial charge in [0, 0.05) is 17.8 Å². The second-order valence-electron chi connectivity index (χ2n) is 4.72. The van der Waals surface area contributed by atoms with Crippen molar-refractivity contribution in [3.8, 4) is 0 Å². The molecule has 1 atom stereocenters. The van der Waals surface area contributed by atoms with Gasteiger partial charge >= 0.3 is 0 Å². The Morgan fingerprint density at radius 1 is 1.56 bits per heavy atom. The lowest BCUT2D eigenvalue weighted by Gasteiger charge is -2.26. The van der Waals surface area contributed by atoms with Crippen LogP contribution in [-0.4, -0.2) is 36.5 Å². The Morgan fingerprint density at radius 2 is 2.25 bits per heavy atom. The van der Waals surface area contributed by atoms with E-state index in [1.54, 1.807) is 11.8 Å². The molecule has 1 saturated heterocycles. The first-order valence-corrected chi connectivity index (χ1v) is 6.81. The standard InChI is InChI=1S/C11H22N2OS.ClH/c1-11(2,15-3)8-13-10(14)9-5-4-6-12-7-9;/h9,12H,4-8H2,1-3H3,(H,13,14);1H. The van der Waals surface area contributed by atoms with Crippen LogP contribution in [0.5, 0.6) is 0 Å². The molecule has 0 bridgehead atoms. The fraction of sp³-hybridized carbons (Fsp3) is 0.909. The number of halogens is 1. The molecule has 1 unspecified atom stereocenters. The van der Waals surface area contributed by atoms with Gasteiger partial charge < -0.3 is 10.6 Å². The highest BCUT2D eigenvalue weighted by Gasteiger charge is 2.23. The molecule has 1 aliphatic rings. The average molecular weight is 267 g/mol.